The predicted molar refractivity (Wildman–Crippen MR) is 100 cm³/mol. The van der Waals surface area contributed by atoms with Gasteiger partial charge in [-0.05, 0) is 38.4 Å². The highest BCUT2D eigenvalue weighted by molar-refractivity contribution is 7.10. The molecular formula is C15H29Cl2N3OS. The van der Waals surface area contributed by atoms with Crippen molar-refractivity contribution in [1.29, 1.82) is 0 Å². The van der Waals surface area contributed by atoms with Gasteiger partial charge < -0.3 is 16.0 Å². The number of halogens is 2. The van der Waals surface area contributed by atoms with Gasteiger partial charge in [0.05, 0.1) is 11.5 Å². The highest BCUT2D eigenvalue weighted by Gasteiger charge is 2.33. The van der Waals surface area contributed by atoms with E-state index in [4.69, 9.17) is 5.73 Å². The van der Waals surface area contributed by atoms with Gasteiger partial charge in [0, 0.05) is 18.0 Å². The van der Waals surface area contributed by atoms with Crippen molar-refractivity contribution in [3.05, 3.63) is 22.4 Å². The largest absolute Gasteiger partial charge is 0.354 e. The summed E-state index contributed by atoms with van der Waals surface area (Å²) < 4.78 is 0. The third kappa shape index (κ3) is 5.70. The van der Waals surface area contributed by atoms with Gasteiger partial charge in [0.2, 0.25) is 5.91 Å². The smallest absolute Gasteiger partial charge is 0.227 e. The van der Waals surface area contributed by atoms with Gasteiger partial charge in [0.25, 0.3) is 0 Å². The normalized spacial score (nSPS) is 12.3. The van der Waals surface area contributed by atoms with E-state index in [1.54, 1.807) is 11.3 Å². The summed E-state index contributed by atoms with van der Waals surface area (Å²) in [6.45, 7) is 5.07. The first-order valence-electron chi connectivity index (χ1n) is 7.19. The van der Waals surface area contributed by atoms with Crippen LogP contribution in [0.3, 0.4) is 0 Å². The first-order valence-corrected chi connectivity index (χ1v) is 8.07. The molecule has 130 valence electrons. The van der Waals surface area contributed by atoms with Crippen LogP contribution >= 0.6 is 36.2 Å². The summed E-state index contributed by atoms with van der Waals surface area (Å²) in [5.41, 5.74) is 5.40. The molecule has 22 heavy (non-hydrogen) atoms. The molecule has 7 heteroatoms. The molecule has 0 saturated carbocycles. The molecule has 1 heterocycles. The third-order valence-electron chi connectivity index (χ3n) is 4.18. The zero-order valence-corrected chi connectivity index (χ0v) is 16.2. The van der Waals surface area contributed by atoms with Crippen LogP contribution in [0.4, 0.5) is 0 Å². The van der Waals surface area contributed by atoms with E-state index in [0.29, 0.717) is 13.1 Å². The number of carbonyl (C=O) groups excluding carboxylic acids is 1. The zero-order valence-electron chi connectivity index (χ0n) is 13.8. The fourth-order valence-electron chi connectivity index (χ4n) is 2.35. The molecule has 0 radical (unpaired) electrons. The highest BCUT2D eigenvalue weighted by atomic mass is 35.5. The minimum Gasteiger partial charge on any atom is -0.354 e. The summed E-state index contributed by atoms with van der Waals surface area (Å²) in [6.07, 6.45) is 1.55. The number of carbonyl (C=O) groups is 1. The summed E-state index contributed by atoms with van der Waals surface area (Å²) in [6, 6.07) is 4.36. The van der Waals surface area contributed by atoms with Gasteiger partial charge in [0.15, 0.2) is 0 Å². The van der Waals surface area contributed by atoms with Gasteiger partial charge in [-0.2, -0.15) is 0 Å². The summed E-state index contributed by atoms with van der Waals surface area (Å²) >= 11 is 1.72. The zero-order chi connectivity index (χ0) is 15.2. The summed E-state index contributed by atoms with van der Waals surface area (Å²) in [5.74, 6) is 0.0772. The van der Waals surface area contributed by atoms with Crippen LogP contribution in [0.2, 0.25) is 0 Å². The molecule has 0 aliphatic carbocycles. The number of thiophene rings is 1. The van der Waals surface area contributed by atoms with E-state index in [1.807, 2.05) is 34.0 Å². The maximum Gasteiger partial charge on any atom is 0.227 e. The van der Waals surface area contributed by atoms with Gasteiger partial charge in [-0.3, -0.25) is 4.79 Å². The Kier molecular flexibility index (Phi) is 12.2. The maximum atomic E-state index is 12.4. The van der Waals surface area contributed by atoms with E-state index in [2.05, 4.69) is 21.7 Å². The van der Waals surface area contributed by atoms with Crippen LogP contribution in [-0.4, -0.2) is 38.0 Å². The van der Waals surface area contributed by atoms with Crippen molar-refractivity contribution in [2.24, 2.45) is 11.1 Å². The monoisotopic (exact) mass is 369 g/mol. The van der Waals surface area contributed by atoms with Crippen molar-refractivity contribution in [3.8, 4) is 0 Å². The Hall–Kier alpha value is -0.330. The molecule has 0 bridgehead atoms. The fourth-order valence-corrected chi connectivity index (χ4v) is 3.27. The van der Waals surface area contributed by atoms with Crippen LogP contribution in [0.15, 0.2) is 17.5 Å². The molecule has 0 fully saturated rings. The van der Waals surface area contributed by atoms with Crippen molar-refractivity contribution in [2.45, 2.75) is 32.7 Å². The number of rotatable bonds is 8. The van der Waals surface area contributed by atoms with E-state index >= 15 is 0 Å². The Morgan fingerprint density at radius 2 is 1.95 bits per heavy atom. The number of nitrogens with two attached hydrogens (primary N) is 1. The second-order valence-electron chi connectivity index (χ2n) is 5.40. The van der Waals surface area contributed by atoms with E-state index in [0.717, 1.165) is 12.8 Å². The number of amides is 1. The number of likely N-dealkylation sites (N-methyl/N-ethyl adjacent to an activating group) is 1. The minimum atomic E-state index is -0.424. The van der Waals surface area contributed by atoms with E-state index in [-0.39, 0.29) is 36.8 Å². The molecule has 0 spiro atoms. The lowest BCUT2D eigenvalue weighted by atomic mass is 9.81. The molecule has 1 unspecified atom stereocenters. The molecule has 1 amide bonds. The van der Waals surface area contributed by atoms with Gasteiger partial charge in [-0.1, -0.05) is 19.9 Å². The van der Waals surface area contributed by atoms with E-state index < -0.39 is 5.41 Å². The average Bonchev–Trinajstić information content (AvgIpc) is 2.95. The van der Waals surface area contributed by atoms with E-state index in [9.17, 15) is 4.79 Å². The topological polar surface area (TPSA) is 58.4 Å². The van der Waals surface area contributed by atoms with Crippen molar-refractivity contribution in [2.75, 3.05) is 27.2 Å². The lowest BCUT2D eigenvalue weighted by Crippen LogP contribution is -2.47. The summed E-state index contributed by atoms with van der Waals surface area (Å²) in [7, 11) is 4.07. The standard InChI is InChI=1S/C15H27N3OS.2ClH/c1-5-15(6-2,11-16)14(19)17-10-12(18(3)4)13-8-7-9-20-13;;/h7-9,12H,5-6,10-11,16H2,1-4H3,(H,17,19);2*1H. The van der Waals surface area contributed by atoms with Crippen molar-refractivity contribution in [1.82, 2.24) is 10.2 Å². The first kappa shape index (κ1) is 23.9. The predicted octanol–water partition coefficient (Wildman–Crippen LogP) is 3.08. The lowest BCUT2D eigenvalue weighted by Gasteiger charge is -2.30. The fraction of sp³-hybridized carbons (Fsp3) is 0.667. The molecule has 4 nitrogen and oxygen atoms in total. The van der Waals surface area contributed by atoms with Crippen LogP contribution in [0.1, 0.15) is 37.6 Å². The molecule has 1 aromatic rings. The Morgan fingerprint density at radius 1 is 1.36 bits per heavy atom. The Morgan fingerprint density at radius 3 is 2.32 bits per heavy atom. The Labute approximate surface area is 150 Å². The van der Waals surface area contributed by atoms with E-state index in [1.165, 1.54) is 4.88 Å². The molecule has 1 aromatic heterocycles. The molecule has 0 saturated heterocycles. The second-order valence-corrected chi connectivity index (χ2v) is 6.38. The number of nitrogens with one attached hydrogen (secondary N) is 1. The third-order valence-corrected chi connectivity index (χ3v) is 5.15. The number of hydrogen-bond donors (Lipinski definition) is 2. The summed E-state index contributed by atoms with van der Waals surface area (Å²) in [5, 5.41) is 5.16. The average molecular weight is 370 g/mol. The minimum absolute atomic E-state index is 0. The molecule has 0 aromatic carbocycles. The second kappa shape index (κ2) is 11.2. The van der Waals surface area contributed by atoms with Gasteiger partial charge in [-0.15, -0.1) is 36.2 Å². The van der Waals surface area contributed by atoms with Gasteiger partial charge >= 0.3 is 0 Å². The molecule has 1 atom stereocenters. The van der Waals surface area contributed by atoms with Crippen LogP contribution in [0, 0.1) is 5.41 Å². The Balaban J connectivity index is 0. The van der Waals surface area contributed by atoms with Gasteiger partial charge in [-0.25, -0.2) is 0 Å². The molecular weight excluding hydrogens is 341 g/mol. The lowest BCUT2D eigenvalue weighted by molar-refractivity contribution is -0.131. The quantitative estimate of drug-likeness (QED) is 0.739. The first-order chi connectivity index (χ1) is 9.50. The van der Waals surface area contributed by atoms with Crippen molar-refractivity contribution < 1.29 is 4.79 Å². The number of hydrogen-bond acceptors (Lipinski definition) is 4. The van der Waals surface area contributed by atoms with Crippen LogP contribution in [0.5, 0.6) is 0 Å². The van der Waals surface area contributed by atoms with Crippen LogP contribution < -0.4 is 11.1 Å². The SMILES string of the molecule is CCC(CC)(CN)C(=O)NCC(c1cccs1)N(C)C.Cl.Cl. The van der Waals surface area contributed by atoms with Crippen molar-refractivity contribution in [3.63, 3.8) is 0 Å². The number of nitrogens with zero attached hydrogens (tertiary/aromatic N) is 1. The highest BCUT2D eigenvalue weighted by Crippen LogP contribution is 2.26. The molecule has 3 N–H and O–H groups in total. The molecule has 1 rings (SSSR count). The van der Waals surface area contributed by atoms with Crippen LogP contribution in [0.25, 0.3) is 0 Å². The van der Waals surface area contributed by atoms with Gasteiger partial charge in [0.1, 0.15) is 0 Å². The maximum absolute atomic E-state index is 12.4. The Bertz CT molecular complexity index is 401. The van der Waals surface area contributed by atoms with Crippen LogP contribution in [-0.2, 0) is 4.79 Å². The summed E-state index contributed by atoms with van der Waals surface area (Å²) in [4.78, 5) is 15.8. The molecule has 0 aliphatic heterocycles. The van der Waals surface area contributed by atoms with Crippen molar-refractivity contribution >= 4 is 42.1 Å². The molecule has 0 aliphatic rings.